The van der Waals surface area contributed by atoms with Gasteiger partial charge in [-0.3, -0.25) is 9.69 Å². The van der Waals surface area contributed by atoms with Crippen molar-refractivity contribution in [2.24, 2.45) is 5.73 Å². The monoisotopic (exact) mass is 426 g/mol. The lowest BCUT2D eigenvalue weighted by molar-refractivity contribution is -0.119. The number of nitrogens with zero attached hydrogens (tertiary/aromatic N) is 3. The minimum absolute atomic E-state index is 0.285. The van der Waals surface area contributed by atoms with Gasteiger partial charge in [0.25, 0.3) is 0 Å². The van der Waals surface area contributed by atoms with Crippen LogP contribution in [0.1, 0.15) is 5.56 Å². The average Bonchev–Trinajstić information content (AvgIpc) is 2.74. The summed E-state index contributed by atoms with van der Waals surface area (Å²) >= 11 is 6.02. The van der Waals surface area contributed by atoms with Crippen LogP contribution in [-0.4, -0.2) is 55.6 Å². The van der Waals surface area contributed by atoms with Crippen LogP contribution < -0.4 is 15.4 Å². The topological polar surface area (TPSA) is 71.7 Å². The Morgan fingerprint density at radius 1 is 1.07 bits per heavy atom. The Hall–Kier alpha value is -2.83. The van der Waals surface area contributed by atoms with Crippen LogP contribution in [0.2, 0.25) is 5.15 Å². The van der Waals surface area contributed by atoms with E-state index in [9.17, 15) is 4.79 Å². The first-order valence-electron chi connectivity index (χ1n) is 9.88. The second-order valence-corrected chi connectivity index (χ2v) is 7.59. The lowest BCUT2D eigenvalue weighted by atomic mass is 10.1. The van der Waals surface area contributed by atoms with Crippen LogP contribution in [-0.2, 0) is 4.79 Å². The number of piperazine rings is 1. The number of pyridine rings is 1. The molecule has 3 aromatic rings. The summed E-state index contributed by atoms with van der Waals surface area (Å²) in [5.74, 6) is 0.422. The van der Waals surface area contributed by atoms with Crippen LogP contribution in [0.15, 0.2) is 54.6 Å². The highest BCUT2D eigenvalue weighted by Gasteiger charge is 2.20. The highest BCUT2D eigenvalue weighted by molar-refractivity contribution is 6.30. The molecule has 158 valence electrons. The molecule has 2 heterocycles. The Balaban J connectivity index is 0.000000310. The zero-order valence-electron chi connectivity index (χ0n) is 17.3. The molecule has 2 N–H and O–H groups in total. The average molecular weight is 427 g/mol. The Morgan fingerprint density at radius 3 is 2.33 bits per heavy atom. The Morgan fingerprint density at radius 2 is 1.77 bits per heavy atom. The van der Waals surface area contributed by atoms with Gasteiger partial charge in [-0.05, 0) is 31.2 Å². The van der Waals surface area contributed by atoms with E-state index >= 15 is 0 Å². The van der Waals surface area contributed by atoms with Crippen LogP contribution in [0, 0.1) is 6.92 Å². The van der Waals surface area contributed by atoms with Crippen molar-refractivity contribution in [3.05, 3.63) is 65.3 Å². The van der Waals surface area contributed by atoms with Gasteiger partial charge in [0, 0.05) is 37.3 Å². The number of hydrogen-bond acceptors (Lipinski definition) is 5. The SMILES string of the molecule is COc1ccc(N2CCN(CC(N)=O)CC2)c2ccc(Cl)nc12.Cc1ccccc1. The fourth-order valence-corrected chi connectivity index (χ4v) is 3.64. The van der Waals surface area contributed by atoms with E-state index in [1.807, 2.05) is 36.4 Å². The third kappa shape index (κ3) is 5.62. The first-order valence-corrected chi connectivity index (χ1v) is 10.3. The predicted octanol–water partition coefficient (Wildman–Crippen LogP) is 3.50. The van der Waals surface area contributed by atoms with Crippen molar-refractivity contribution in [1.82, 2.24) is 9.88 Å². The maximum atomic E-state index is 11.0. The van der Waals surface area contributed by atoms with Gasteiger partial charge < -0.3 is 15.4 Å². The van der Waals surface area contributed by atoms with Crippen LogP contribution in [0.25, 0.3) is 10.9 Å². The number of carbonyl (C=O) groups is 1. The number of benzene rings is 2. The number of rotatable bonds is 4. The molecule has 0 radical (unpaired) electrons. The lowest BCUT2D eigenvalue weighted by Gasteiger charge is -2.36. The summed E-state index contributed by atoms with van der Waals surface area (Å²) in [6, 6.07) is 18.0. The fraction of sp³-hybridized carbons (Fsp3) is 0.304. The summed E-state index contributed by atoms with van der Waals surface area (Å²) in [7, 11) is 1.62. The Labute approximate surface area is 182 Å². The van der Waals surface area contributed by atoms with Crippen molar-refractivity contribution < 1.29 is 9.53 Å². The van der Waals surface area contributed by atoms with Crippen LogP contribution >= 0.6 is 11.6 Å². The number of fused-ring (bicyclic) bond motifs is 1. The molecule has 4 rings (SSSR count). The number of anilines is 1. The number of carbonyl (C=O) groups excluding carboxylic acids is 1. The summed E-state index contributed by atoms with van der Waals surface area (Å²) < 4.78 is 5.39. The van der Waals surface area contributed by atoms with Crippen LogP contribution in [0.5, 0.6) is 5.75 Å². The maximum Gasteiger partial charge on any atom is 0.231 e. The standard InChI is InChI=1S/C16H19ClN4O2.C7H8/c1-23-13-4-3-12(11-2-5-14(17)19-16(11)13)21-8-6-20(7-9-21)10-15(18)22;1-7-5-3-2-4-6-7/h2-5H,6-10H2,1H3,(H2,18,22);2-6H,1H3. The van der Waals surface area contributed by atoms with Gasteiger partial charge >= 0.3 is 0 Å². The van der Waals surface area contributed by atoms with E-state index in [-0.39, 0.29) is 5.91 Å². The number of aryl methyl sites for hydroxylation is 1. The highest BCUT2D eigenvalue weighted by Crippen LogP contribution is 2.33. The number of hydrogen-bond donors (Lipinski definition) is 1. The molecule has 1 aliphatic heterocycles. The van der Waals surface area contributed by atoms with Gasteiger partial charge in [-0.15, -0.1) is 0 Å². The predicted molar refractivity (Wildman–Crippen MR) is 122 cm³/mol. The molecular formula is C23H27ClN4O2. The molecule has 1 amide bonds. The van der Waals surface area contributed by atoms with E-state index in [1.165, 1.54) is 5.56 Å². The first-order chi connectivity index (χ1) is 14.5. The molecule has 30 heavy (non-hydrogen) atoms. The quantitative estimate of drug-likeness (QED) is 0.646. The van der Waals surface area contributed by atoms with E-state index in [0.717, 1.165) is 42.8 Å². The largest absolute Gasteiger partial charge is 0.494 e. The zero-order valence-corrected chi connectivity index (χ0v) is 18.1. The molecular weight excluding hydrogens is 400 g/mol. The molecule has 1 aliphatic rings. The molecule has 0 saturated carbocycles. The molecule has 0 bridgehead atoms. The van der Waals surface area contributed by atoms with Crippen molar-refractivity contribution >= 4 is 34.1 Å². The molecule has 1 aromatic heterocycles. The van der Waals surface area contributed by atoms with Gasteiger partial charge in [-0.1, -0.05) is 47.5 Å². The molecule has 6 nitrogen and oxygen atoms in total. The number of halogens is 1. The zero-order chi connectivity index (χ0) is 21.5. The van der Waals surface area contributed by atoms with Crippen LogP contribution in [0.3, 0.4) is 0 Å². The number of nitrogens with two attached hydrogens (primary N) is 1. The molecule has 1 saturated heterocycles. The summed E-state index contributed by atoms with van der Waals surface area (Å²) in [5, 5.41) is 1.45. The Bertz CT molecular complexity index is 989. The summed E-state index contributed by atoms with van der Waals surface area (Å²) in [5.41, 5.74) is 8.44. The number of ether oxygens (including phenoxy) is 1. The molecule has 7 heteroatoms. The van der Waals surface area contributed by atoms with Gasteiger partial charge in [0.15, 0.2) is 0 Å². The molecule has 0 unspecified atom stereocenters. The smallest absolute Gasteiger partial charge is 0.231 e. The number of amides is 1. The van der Waals surface area contributed by atoms with Gasteiger partial charge in [-0.2, -0.15) is 0 Å². The maximum absolute atomic E-state index is 11.0. The second-order valence-electron chi connectivity index (χ2n) is 7.20. The number of primary amides is 1. The van der Waals surface area contributed by atoms with Gasteiger partial charge in [0.05, 0.1) is 13.7 Å². The molecule has 0 atom stereocenters. The van der Waals surface area contributed by atoms with Crippen LogP contribution in [0.4, 0.5) is 5.69 Å². The summed E-state index contributed by atoms with van der Waals surface area (Å²) in [4.78, 5) is 19.8. The fourth-order valence-electron chi connectivity index (χ4n) is 3.50. The summed E-state index contributed by atoms with van der Waals surface area (Å²) in [6.45, 7) is 5.66. The van der Waals surface area contributed by atoms with Gasteiger partial charge in [-0.25, -0.2) is 4.98 Å². The van der Waals surface area contributed by atoms with E-state index in [1.54, 1.807) is 13.2 Å². The molecule has 0 aliphatic carbocycles. The van der Waals surface area contributed by atoms with Crippen molar-refractivity contribution in [2.75, 3.05) is 44.7 Å². The van der Waals surface area contributed by atoms with Crippen molar-refractivity contribution in [2.45, 2.75) is 6.92 Å². The second kappa shape index (κ2) is 10.3. The number of aromatic nitrogens is 1. The highest BCUT2D eigenvalue weighted by atomic mass is 35.5. The van der Waals surface area contributed by atoms with E-state index in [2.05, 4.69) is 33.8 Å². The van der Waals surface area contributed by atoms with Gasteiger partial charge in [0.1, 0.15) is 16.4 Å². The van der Waals surface area contributed by atoms with Crippen molar-refractivity contribution in [1.29, 1.82) is 0 Å². The van der Waals surface area contributed by atoms with Crippen molar-refractivity contribution in [3.8, 4) is 5.75 Å². The Kier molecular flexibility index (Phi) is 7.49. The molecule has 0 spiro atoms. The minimum atomic E-state index is -0.285. The molecule has 1 fully saturated rings. The van der Waals surface area contributed by atoms with Gasteiger partial charge in [0.2, 0.25) is 5.91 Å². The first kappa shape index (κ1) is 21.9. The third-order valence-electron chi connectivity index (χ3n) is 5.02. The van der Waals surface area contributed by atoms with E-state index < -0.39 is 0 Å². The number of methoxy groups -OCH3 is 1. The van der Waals surface area contributed by atoms with E-state index in [0.29, 0.717) is 17.4 Å². The lowest BCUT2D eigenvalue weighted by Crippen LogP contribution is -2.48. The normalized spacial score (nSPS) is 14.2. The molecule has 2 aromatic carbocycles. The minimum Gasteiger partial charge on any atom is -0.494 e. The van der Waals surface area contributed by atoms with E-state index in [4.69, 9.17) is 22.1 Å². The summed E-state index contributed by atoms with van der Waals surface area (Å²) in [6.07, 6.45) is 0. The van der Waals surface area contributed by atoms with Crippen molar-refractivity contribution in [3.63, 3.8) is 0 Å². The third-order valence-corrected chi connectivity index (χ3v) is 5.23.